The van der Waals surface area contributed by atoms with Crippen molar-refractivity contribution in [2.75, 3.05) is 17.3 Å². The number of sulfone groups is 1. The molecule has 0 saturated heterocycles. The van der Waals surface area contributed by atoms with Gasteiger partial charge in [-0.3, -0.25) is 5.10 Å². The van der Waals surface area contributed by atoms with Crippen LogP contribution in [0.2, 0.25) is 0 Å². The predicted molar refractivity (Wildman–Crippen MR) is 68.9 cm³/mol. The van der Waals surface area contributed by atoms with Crippen molar-refractivity contribution >= 4 is 26.4 Å². The van der Waals surface area contributed by atoms with Gasteiger partial charge in [-0.05, 0) is 25.1 Å². The number of hydrogen-bond acceptors (Lipinski definition) is 4. The average molecular weight is 253 g/mol. The molecule has 5 nitrogen and oxygen atoms in total. The van der Waals surface area contributed by atoms with E-state index in [2.05, 4.69) is 15.5 Å². The average Bonchev–Trinajstić information content (AvgIpc) is 2.61. The molecule has 0 aliphatic carbocycles. The Morgan fingerprint density at radius 3 is 2.94 bits per heavy atom. The number of nitrogens with zero attached hydrogens (tertiary/aromatic N) is 1. The van der Waals surface area contributed by atoms with Crippen molar-refractivity contribution in [1.29, 1.82) is 0 Å². The zero-order chi connectivity index (χ0) is 12.5. The zero-order valence-electron chi connectivity index (χ0n) is 9.77. The van der Waals surface area contributed by atoms with E-state index in [0.717, 1.165) is 16.6 Å². The molecule has 1 heterocycles. The van der Waals surface area contributed by atoms with Gasteiger partial charge in [0.15, 0.2) is 0 Å². The number of benzene rings is 1. The molecule has 92 valence electrons. The molecule has 0 saturated carbocycles. The maximum absolute atomic E-state index is 11.1. The van der Waals surface area contributed by atoms with E-state index >= 15 is 0 Å². The molecule has 2 N–H and O–H groups in total. The van der Waals surface area contributed by atoms with Gasteiger partial charge in [0.05, 0.1) is 17.5 Å². The third-order valence-electron chi connectivity index (χ3n) is 2.41. The van der Waals surface area contributed by atoms with Crippen molar-refractivity contribution in [1.82, 2.24) is 10.2 Å². The second-order valence-corrected chi connectivity index (χ2v) is 6.49. The first-order valence-corrected chi connectivity index (χ1v) is 7.37. The largest absolute Gasteiger partial charge is 0.382 e. The van der Waals surface area contributed by atoms with Gasteiger partial charge in [0.2, 0.25) is 0 Å². The third-order valence-corrected chi connectivity index (χ3v) is 3.51. The molecule has 1 atom stereocenters. The van der Waals surface area contributed by atoms with Crippen LogP contribution >= 0.6 is 0 Å². The predicted octanol–water partition coefficient (Wildman–Crippen LogP) is 1.41. The monoisotopic (exact) mass is 253 g/mol. The summed E-state index contributed by atoms with van der Waals surface area (Å²) >= 11 is 0. The molecule has 0 spiro atoms. The fraction of sp³-hybridized carbons (Fsp3) is 0.364. The summed E-state index contributed by atoms with van der Waals surface area (Å²) in [4.78, 5) is 0. The van der Waals surface area contributed by atoms with Crippen LogP contribution in [0.4, 0.5) is 5.69 Å². The van der Waals surface area contributed by atoms with E-state index < -0.39 is 9.84 Å². The smallest absolute Gasteiger partial charge is 0.149 e. The molecule has 1 unspecified atom stereocenters. The van der Waals surface area contributed by atoms with E-state index in [0.29, 0.717) is 0 Å². The highest BCUT2D eigenvalue weighted by atomic mass is 32.2. The van der Waals surface area contributed by atoms with Gasteiger partial charge in [-0.1, -0.05) is 0 Å². The normalized spacial score (nSPS) is 13.8. The zero-order valence-corrected chi connectivity index (χ0v) is 10.6. The highest BCUT2D eigenvalue weighted by molar-refractivity contribution is 7.90. The minimum atomic E-state index is -2.96. The van der Waals surface area contributed by atoms with Crippen LogP contribution in [-0.4, -0.2) is 36.7 Å². The summed E-state index contributed by atoms with van der Waals surface area (Å²) in [7, 11) is -2.96. The van der Waals surface area contributed by atoms with Crippen LogP contribution in [0.5, 0.6) is 0 Å². The molecule has 6 heteroatoms. The Balaban J connectivity index is 2.12. The Morgan fingerprint density at radius 1 is 1.47 bits per heavy atom. The second kappa shape index (κ2) is 4.37. The molecule has 0 radical (unpaired) electrons. The standard InChI is InChI=1S/C11H15N3O2S/c1-8(7-17(2,15)16)13-10-3-4-11-9(5-10)6-12-14-11/h3-6,8,13H,7H2,1-2H3,(H,12,14). The van der Waals surface area contributed by atoms with Gasteiger partial charge in [-0.25, -0.2) is 8.42 Å². The Hall–Kier alpha value is -1.56. The summed E-state index contributed by atoms with van der Waals surface area (Å²) in [6.07, 6.45) is 2.98. The van der Waals surface area contributed by atoms with E-state index in [1.54, 1.807) is 6.20 Å². The van der Waals surface area contributed by atoms with Gasteiger partial charge >= 0.3 is 0 Å². The molecule has 1 aromatic carbocycles. The van der Waals surface area contributed by atoms with E-state index in [-0.39, 0.29) is 11.8 Å². The lowest BCUT2D eigenvalue weighted by atomic mass is 10.2. The maximum atomic E-state index is 11.1. The number of hydrogen-bond donors (Lipinski definition) is 2. The lowest BCUT2D eigenvalue weighted by molar-refractivity contribution is 0.598. The van der Waals surface area contributed by atoms with Gasteiger partial charge in [-0.15, -0.1) is 0 Å². The van der Waals surface area contributed by atoms with Crippen LogP contribution in [0, 0.1) is 0 Å². The number of aromatic amines is 1. The van der Waals surface area contributed by atoms with Crippen LogP contribution in [-0.2, 0) is 9.84 Å². The lowest BCUT2D eigenvalue weighted by Crippen LogP contribution is -2.24. The summed E-state index contributed by atoms with van der Waals surface area (Å²) < 4.78 is 22.3. The molecule has 1 aromatic heterocycles. The minimum absolute atomic E-state index is 0.116. The molecule has 0 bridgehead atoms. The van der Waals surface area contributed by atoms with Crippen molar-refractivity contribution in [2.24, 2.45) is 0 Å². The number of nitrogens with one attached hydrogen (secondary N) is 2. The Labute approximate surface area is 100 Å². The minimum Gasteiger partial charge on any atom is -0.382 e. The number of H-pyrrole nitrogens is 1. The number of rotatable bonds is 4. The van der Waals surface area contributed by atoms with E-state index in [1.165, 1.54) is 6.26 Å². The third kappa shape index (κ3) is 3.20. The maximum Gasteiger partial charge on any atom is 0.149 e. The quantitative estimate of drug-likeness (QED) is 0.864. The lowest BCUT2D eigenvalue weighted by Gasteiger charge is -2.14. The van der Waals surface area contributed by atoms with E-state index in [4.69, 9.17) is 0 Å². The van der Waals surface area contributed by atoms with Gasteiger partial charge in [0.1, 0.15) is 9.84 Å². The van der Waals surface area contributed by atoms with Crippen LogP contribution in [0.3, 0.4) is 0 Å². The highest BCUT2D eigenvalue weighted by Crippen LogP contribution is 2.17. The van der Waals surface area contributed by atoms with Gasteiger partial charge in [0.25, 0.3) is 0 Å². The SMILES string of the molecule is CC(CS(C)(=O)=O)Nc1ccc2[nH]ncc2c1. The van der Waals surface area contributed by atoms with Crippen molar-refractivity contribution < 1.29 is 8.42 Å². The molecule has 0 amide bonds. The first-order valence-electron chi connectivity index (χ1n) is 5.31. The number of anilines is 1. The molecule has 17 heavy (non-hydrogen) atoms. The van der Waals surface area contributed by atoms with Crippen molar-refractivity contribution in [3.63, 3.8) is 0 Å². The van der Waals surface area contributed by atoms with Crippen molar-refractivity contribution in [3.05, 3.63) is 24.4 Å². The number of aromatic nitrogens is 2. The molecular weight excluding hydrogens is 238 g/mol. The topological polar surface area (TPSA) is 74.8 Å². The fourth-order valence-corrected chi connectivity index (χ4v) is 2.80. The van der Waals surface area contributed by atoms with Gasteiger partial charge in [-0.2, -0.15) is 5.10 Å². The summed E-state index contributed by atoms with van der Waals surface area (Å²) in [6, 6.07) is 5.64. The summed E-state index contributed by atoms with van der Waals surface area (Å²) in [5.74, 6) is 0.121. The van der Waals surface area contributed by atoms with Crippen molar-refractivity contribution in [2.45, 2.75) is 13.0 Å². The van der Waals surface area contributed by atoms with Crippen LogP contribution in [0.25, 0.3) is 10.9 Å². The first kappa shape index (κ1) is 11.9. The van der Waals surface area contributed by atoms with Crippen LogP contribution in [0.15, 0.2) is 24.4 Å². The summed E-state index contributed by atoms with van der Waals surface area (Å²) in [6.45, 7) is 1.85. The first-order chi connectivity index (χ1) is 7.94. The van der Waals surface area contributed by atoms with Gasteiger partial charge < -0.3 is 5.32 Å². The molecule has 2 rings (SSSR count). The molecule has 0 fully saturated rings. The highest BCUT2D eigenvalue weighted by Gasteiger charge is 2.10. The van der Waals surface area contributed by atoms with Gasteiger partial charge in [0, 0.05) is 23.4 Å². The summed E-state index contributed by atoms with van der Waals surface area (Å²) in [5, 5.41) is 11.0. The molecule has 0 aliphatic rings. The molecule has 0 aliphatic heterocycles. The number of fused-ring (bicyclic) bond motifs is 1. The van der Waals surface area contributed by atoms with Crippen molar-refractivity contribution in [3.8, 4) is 0 Å². The molecular formula is C11H15N3O2S. The van der Waals surface area contributed by atoms with Crippen LogP contribution in [0.1, 0.15) is 6.92 Å². The Morgan fingerprint density at radius 2 is 2.24 bits per heavy atom. The Bertz CT molecular complexity index is 618. The van der Waals surface area contributed by atoms with E-state index in [1.807, 2.05) is 25.1 Å². The summed E-state index contributed by atoms with van der Waals surface area (Å²) in [5.41, 5.74) is 1.86. The molecule has 2 aromatic rings. The second-order valence-electron chi connectivity index (χ2n) is 4.31. The Kier molecular flexibility index (Phi) is 3.06. The fourth-order valence-electron chi connectivity index (χ4n) is 1.81. The van der Waals surface area contributed by atoms with E-state index in [9.17, 15) is 8.42 Å². The van der Waals surface area contributed by atoms with Crippen LogP contribution < -0.4 is 5.32 Å².